The smallest absolute Gasteiger partial charge is 0.305 e. The Morgan fingerprint density at radius 1 is 1.26 bits per heavy atom. The number of carboxylic acids is 1. The van der Waals surface area contributed by atoms with Crippen LogP contribution >= 0.6 is 0 Å². The van der Waals surface area contributed by atoms with E-state index in [1.807, 2.05) is 13.8 Å². The van der Waals surface area contributed by atoms with Gasteiger partial charge in [-0.25, -0.2) is 4.98 Å². The minimum atomic E-state index is -0.940. The van der Waals surface area contributed by atoms with Crippen LogP contribution in [-0.2, 0) is 17.8 Å². The van der Waals surface area contributed by atoms with E-state index < -0.39 is 5.97 Å². The number of aromatic nitrogens is 2. The lowest BCUT2D eigenvalue weighted by atomic mass is 10.1. The minimum Gasteiger partial charge on any atom is -0.481 e. The molecular weight excluding hydrogens is 346 g/mol. The zero-order chi connectivity index (χ0) is 19.6. The average Bonchev–Trinajstić information content (AvgIpc) is 2.86. The van der Waals surface area contributed by atoms with Gasteiger partial charge in [0.15, 0.2) is 0 Å². The molecule has 7 heteroatoms. The van der Waals surface area contributed by atoms with Gasteiger partial charge in [0.2, 0.25) is 0 Å². The number of hydrogen-bond acceptors (Lipinski definition) is 4. The molecule has 7 nitrogen and oxygen atoms in total. The predicted molar refractivity (Wildman–Crippen MR) is 102 cm³/mol. The fraction of sp³-hybridized carbons (Fsp3) is 0.500. The molecule has 0 bridgehead atoms. The third-order valence-electron chi connectivity index (χ3n) is 5.01. The van der Waals surface area contributed by atoms with Crippen molar-refractivity contribution < 1.29 is 14.7 Å². The third-order valence-corrected chi connectivity index (χ3v) is 5.01. The number of aryl methyl sites for hydroxylation is 1. The van der Waals surface area contributed by atoms with Crippen LogP contribution in [0.2, 0.25) is 0 Å². The number of amides is 1. The van der Waals surface area contributed by atoms with E-state index in [0.29, 0.717) is 23.0 Å². The highest BCUT2D eigenvalue weighted by Crippen LogP contribution is 2.18. The van der Waals surface area contributed by atoms with Gasteiger partial charge in [0.05, 0.1) is 17.3 Å². The summed E-state index contributed by atoms with van der Waals surface area (Å²) in [6, 6.07) is 4.82. The second kappa shape index (κ2) is 7.90. The molecule has 1 aliphatic heterocycles. The van der Waals surface area contributed by atoms with Crippen molar-refractivity contribution in [2.75, 3.05) is 6.54 Å². The Bertz CT molecular complexity index is 933. The van der Waals surface area contributed by atoms with Crippen LogP contribution in [0.25, 0.3) is 10.9 Å². The Labute approximate surface area is 157 Å². The minimum absolute atomic E-state index is 0.0532. The van der Waals surface area contributed by atoms with Crippen molar-refractivity contribution in [3.63, 3.8) is 0 Å². The molecule has 0 aliphatic carbocycles. The largest absolute Gasteiger partial charge is 0.481 e. The molecule has 0 unspecified atom stereocenters. The Hall–Kier alpha value is -2.70. The second-order valence-corrected chi connectivity index (χ2v) is 7.26. The number of hydrogen-bond donors (Lipinski definition) is 1. The van der Waals surface area contributed by atoms with Gasteiger partial charge in [-0.1, -0.05) is 6.42 Å². The van der Waals surface area contributed by atoms with Crippen LogP contribution in [0.1, 0.15) is 55.7 Å². The molecule has 0 saturated heterocycles. The quantitative estimate of drug-likeness (QED) is 0.871. The van der Waals surface area contributed by atoms with Gasteiger partial charge in [-0.05, 0) is 44.9 Å². The normalized spacial score (nSPS) is 14.0. The van der Waals surface area contributed by atoms with E-state index in [2.05, 4.69) is 4.98 Å². The predicted octanol–water partition coefficient (Wildman–Crippen LogP) is 2.45. The van der Waals surface area contributed by atoms with Crippen LogP contribution in [0.4, 0.5) is 0 Å². The molecule has 0 radical (unpaired) electrons. The first-order valence-corrected chi connectivity index (χ1v) is 9.44. The molecule has 0 saturated carbocycles. The molecule has 0 spiro atoms. The lowest BCUT2D eigenvalue weighted by Crippen LogP contribution is -2.38. The lowest BCUT2D eigenvalue weighted by molar-refractivity contribution is -0.137. The summed E-state index contributed by atoms with van der Waals surface area (Å²) in [5.41, 5.74) is 0.899. The first-order valence-electron chi connectivity index (χ1n) is 9.44. The number of aliphatic carboxylic acids is 1. The topological polar surface area (TPSA) is 92.5 Å². The van der Waals surface area contributed by atoms with Gasteiger partial charge in [0, 0.05) is 31.1 Å². The van der Waals surface area contributed by atoms with Crippen LogP contribution in [-0.4, -0.2) is 44.0 Å². The van der Waals surface area contributed by atoms with Gasteiger partial charge < -0.3 is 10.0 Å². The molecular formula is C20H25N3O4. The van der Waals surface area contributed by atoms with Crippen molar-refractivity contribution in [1.82, 2.24) is 14.5 Å². The highest BCUT2D eigenvalue weighted by molar-refractivity contribution is 5.98. The van der Waals surface area contributed by atoms with E-state index in [1.54, 1.807) is 22.8 Å². The Balaban J connectivity index is 1.99. The number of benzene rings is 1. The second-order valence-electron chi connectivity index (χ2n) is 7.26. The number of carboxylic acid groups (broad SMARTS) is 1. The van der Waals surface area contributed by atoms with Crippen molar-refractivity contribution in [1.29, 1.82) is 0 Å². The maximum atomic E-state index is 12.9. The van der Waals surface area contributed by atoms with Gasteiger partial charge in [-0.3, -0.25) is 19.0 Å². The van der Waals surface area contributed by atoms with E-state index in [-0.39, 0.29) is 30.5 Å². The average molecular weight is 371 g/mol. The fourth-order valence-corrected chi connectivity index (χ4v) is 3.53. The van der Waals surface area contributed by atoms with Gasteiger partial charge in [0.25, 0.3) is 11.5 Å². The Morgan fingerprint density at radius 3 is 2.74 bits per heavy atom. The SMILES string of the molecule is CC(C)N(CCC(=O)O)C(=O)c1ccc2c(=O)n3c(nc2c1)CCCCC3. The zero-order valence-electron chi connectivity index (χ0n) is 15.8. The Morgan fingerprint density at radius 2 is 2.04 bits per heavy atom. The molecule has 3 rings (SSSR count). The molecule has 1 N–H and O–H groups in total. The van der Waals surface area contributed by atoms with Crippen molar-refractivity contribution in [3.8, 4) is 0 Å². The lowest BCUT2D eigenvalue weighted by Gasteiger charge is -2.26. The molecule has 2 aromatic rings. The fourth-order valence-electron chi connectivity index (χ4n) is 3.53. The molecule has 2 heterocycles. The van der Waals surface area contributed by atoms with Crippen LogP contribution in [0.5, 0.6) is 0 Å². The van der Waals surface area contributed by atoms with E-state index in [4.69, 9.17) is 5.11 Å². The molecule has 0 atom stereocenters. The zero-order valence-corrected chi connectivity index (χ0v) is 15.8. The number of rotatable bonds is 5. The van der Waals surface area contributed by atoms with Crippen molar-refractivity contribution in [2.24, 2.45) is 0 Å². The molecule has 144 valence electrons. The van der Waals surface area contributed by atoms with E-state index in [9.17, 15) is 14.4 Å². The third kappa shape index (κ3) is 4.02. The van der Waals surface area contributed by atoms with E-state index in [0.717, 1.165) is 31.5 Å². The summed E-state index contributed by atoms with van der Waals surface area (Å²) in [5, 5.41) is 9.43. The van der Waals surface area contributed by atoms with Crippen LogP contribution in [0, 0.1) is 0 Å². The molecule has 0 fully saturated rings. The molecule has 1 aliphatic rings. The summed E-state index contributed by atoms with van der Waals surface area (Å²) < 4.78 is 1.75. The highest BCUT2D eigenvalue weighted by Gasteiger charge is 2.21. The van der Waals surface area contributed by atoms with Gasteiger partial charge in [-0.15, -0.1) is 0 Å². The molecule has 1 aromatic heterocycles. The van der Waals surface area contributed by atoms with Gasteiger partial charge >= 0.3 is 5.97 Å². The monoisotopic (exact) mass is 371 g/mol. The summed E-state index contributed by atoms with van der Waals surface area (Å²) in [5.74, 6) is -0.407. The number of carbonyl (C=O) groups excluding carboxylic acids is 1. The van der Waals surface area contributed by atoms with Crippen LogP contribution < -0.4 is 5.56 Å². The van der Waals surface area contributed by atoms with Crippen molar-refractivity contribution in [2.45, 2.75) is 58.5 Å². The summed E-state index contributed by atoms with van der Waals surface area (Å²) in [6.07, 6.45) is 3.72. The van der Waals surface area contributed by atoms with Crippen molar-refractivity contribution >= 4 is 22.8 Å². The van der Waals surface area contributed by atoms with Crippen LogP contribution in [0.3, 0.4) is 0 Å². The summed E-state index contributed by atoms with van der Waals surface area (Å²) in [6.45, 7) is 4.54. The molecule has 1 aromatic carbocycles. The van der Waals surface area contributed by atoms with E-state index in [1.165, 1.54) is 4.90 Å². The number of nitrogens with zero attached hydrogens (tertiary/aromatic N) is 3. The van der Waals surface area contributed by atoms with Gasteiger partial charge in [0.1, 0.15) is 5.82 Å². The summed E-state index contributed by atoms with van der Waals surface area (Å²) in [7, 11) is 0. The number of fused-ring (bicyclic) bond motifs is 2. The van der Waals surface area contributed by atoms with Gasteiger partial charge in [-0.2, -0.15) is 0 Å². The molecule has 1 amide bonds. The highest BCUT2D eigenvalue weighted by atomic mass is 16.4. The maximum Gasteiger partial charge on any atom is 0.305 e. The summed E-state index contributed by atoms with van der Waals surface area (Å²) in [4.78, 5) is 42.7. The van der Waals surface area contributed by atoms with Crippen LogP contribution in [0.15, 0.2) is 23.0 Å². The van der Waals surface area contributed by atoms with E-state index >= 15 is 0 Å². The Kier molecular flexibility index (Phi) is 5.58. The summed E-state index contributed by atoms with van der Waals surface area (Å²) >= 11 is 0. The standard InChI is InChI=1S/C20H25N3O4/c1-13(2)22(11-9-18(24)25)19(26)14-7-8-15-16(12-14)21-17-6-4-3-5-10-23(17)20(15)27/h7-8,12-13H,3-6,9-11H2,1-2H3,(H,24,25). The first-order chi connectivity index (χ1) is 12.9. The molecule has 27 heavy (non-hydrogen) atoms. The van der Waals surface area contributed by atoms with Crippen molar-refractivity contribution in [3.05, 3.63) is 39.9 Å². The maximum absolute atomic E-state index is 12.9. The first kappa shape index (κ1) is 19.1. The number of carbonyl (C=O) groups is 2.